The Kier molecular flexibility index (Phi) is 5.51. The number of anilines is 3. The van der Waals surface area contributed by atoms with E-state index in [1.165, 1.54) is 24.4 Å². The summed E-state index contributed by atoms with van der Waals surface area (Å²) in [5.74, 6) is -1.000. The quantitative estimate of drug-likeness (QED) is 0.488. The zero-order valence-electron chi connectivity index (χ0n) is 16.3. The Morgan fingerprint density at radius 1 is 0.967 bits per heavy atom. The van der Waals surface area contributed by atoms with Gasteiger partial charge in [-0.25, -0.2) is 14.4 Å². The number of carbonyl (C=O) groups is 1. The van der Waals surface area contributed by atoms with Gasteiger partial charge in [0.25, 0.3) is 5.91 Å². The Morgan fingerprint density at radius 2 is 1.77 bits per heavy atom. The molecule has 0 unspecified atom stereocenters. The molecular formula is C21H20F2N6O. The van der Waals surface area contributed by atoms with Crippen LogP contribution in [-0.4, -0.2) is 33.9 Å². The smallest absolute Gasteiger partial charge is 0.254 e. The van der Waals surface area contributed by atoms with Crippen LogP contribution in [0.15, 0.2) is 36.7 Å². The maximum Gasteiger partial charge on any atom is 0.254 e. The maximum absolute atomic E-state index is 14.5. The number of halogens is 2. The van der Waals surface area contributed by atoms with Gasteiger partial charge in [-0.1, -0.05) is 6.07 Å². The van der Waals surface area contributed by atoms with Crippen LogP contribution in [0.5, 0.6) is 0 Å². The topological polar surface area (TPSA) is 91.8 Å². The van der Waals surface area contributed by atoms with Crippen molar-refractivity contribution >= 4 is 23.4 Å². The number of fused-ring (bicyclic) bond motifs is 8. The fourth-order valence-corrected chi connectivity index (χ4v) is 3.13. The van der Waals surface area contributed by atoms with E-state index in [1.54, 1.807) is 12.3 Å². The lowest BCUT2D eigenvalue weighted by atomic mass is 10.0. The van der Waals surface area contributed by atoms with Crippen molar-refractivity contribution < 1.29 is 13.6 Å². The summed E-state index contributed by atoms with van der Waals surface area (Å²) < 4.78 is 28.8. The molecule has 0 spiro atoms. The summed E-state index contributed by atoms with van der Waals surface area (Å²) >= 11 is 0. The lowest BCUT2D eigenvalue weighted by Gasteiger charge is -2.13. The minimum atomic E-state index is -0.733. The molecule has 2 aromatic heterocycles. The predicted octanol–water partition coefficient (Wildman–Crippen LogP) is 3.80. The average molecular weight is 410 g/mol. The fourth-order valence-electron chi connectivity index (χ4n) is 3.13. The molecule has 0 atom stereocenters. The van der Waals surface area contributed by atoms with Crippen LogP contribution in [-0.2, 0) is 0 Å². The van der Waals surface area contributed by atoms with Crippen LogP contribution in [0.3, 0.4) is 0 Å². The molecule has 2 aliphatic heterocycles. The molecule has 0 saturated carbocycles. The van der Waals surface area contributed by atoms with Crippen LogP contribution in [0, 0.1) is 18.7 Å². The van der Waals surface area contributed by atoms with Gasteiger partial charge in [-0.2, -0.15) is 9.37 Å². The first-order chi connectivity index (χ1) is 14.5. The van der Waals surface area contributed by atoms with Gasteiger partial charge in [-0.3, -0.25) is 4.79 Å². The van der Waals surface area contributed by atoms with E-state index in [-0.39, 0.29) is 17.2 Å². The second-order valence-electron chi connectivity index (χ2n) is 7.00. The van der Waals surface area contributed by atoms with Crippen LogP contribution < -0.4 is 16.0 Å². The number of hydrogen-bond acceptors (Lipinski definition) is 6. The van der Waals surface area contributed by atoms with Gasteiger partial charge in [0.2, 0.25) is 11.9 Å². The van der Waals surface area contributed by atoms with Crippen LogP contribution in [0.25, 0.3) is 11.1 Å². The van der Waals surface area contributed by atoms with E-state index in [1.807, 2.05) is 6.92 Å². The molecule has 6 bridgehead atoms. The summed E-state index contributed by atoms with van der Waals surface area (Å²) in [6.45, 7) is 2.93. The predicted molar refractivity (Wildman–Crippen MR) is 110 cm³/mol. The molecule has 154 valence electrons. The van der Waals surface area contributed by atoms with Crippen LogP contribution in [0.4, 0.5) is 26.2 Å². The van der Waals surface area contributed by atoms with Gasteiger partial charge >= 0.3 is 0 Å². The zero-order chi connectivity index (χ0) is 21.1. The summed E-state index contributed by atoms with van der Waals surface area (Å²) in [4.78, 5) is 24.6. The molecule has 2 aliphatic rings. The lowest BCUT2D eigenvalue weighted by Crippen LogP contribution is -2.25. The first-order valence-electron chi connectivity index (χ1n) is 9.59. The molecule has 9 heteroatoms. The molecular weight excluding hydrogens is 390 g/mol. The third-order valence-electron chi connectivity index (χ3n) is 4.79. The second-order valence-corrected chi connectivity index (χ2v) is 7.00. The van der Waals surface area contributed by atoms with Gasteiger partial charge in [0.05, 0.1) is 11.3 Å². The van der Waals surface area contributed by atoms with Crippen molar-refractivity contribution in [2.24, 2.45) is 0 Å². The van der Waals surface area contributed by atoms with E-state index in [4.69, 9.17) is 0 Å². The number of benzene rings is 1. The van der Waals surface area contributed by atoms with Crippen LogP contribution in [0.2, 0.25) is 0 Å². The highest BCUT2D eigenvalue weighted by atomic mass is 19.1. The highest BCUT2D eigenvalue weighted by Gasteiger charge is 2.15. The lowest BCUT2D eigenvalue weighted by molar-refractivity contribution is 0.0949. The number of nitrogens with one attached hydrogen (secondary N) is 3. The third-order valence-corrected chi connectivity index (χ3v) is 4.79. The van der Waals surface area contributed by atoms with Gasteiger partial charge < -0.3 is 16.0 Å². The standard InChI is InChI=1S/C21H20F2N6O/c1-12-10-27-21-28-17-9-14(11-26-18(17)23)13-4-5-15(16(22)8-13)20(30)25-7-3-2-6-24-19(12)29-21/h4-5,8-11H,2-3,6-7H2,1H3,(H,25,30)(H2,24,27,28,29). The van der Waals surface area contributed by atoms with E-state index in [9.17, 15) is 13.6 Å². The summed E-state index contributed by atoms with van der Waals surface area (Å²) in [7, 11) is 0. The van der Waals surface area contributed by atoms with E-state index >= 15 is 0 Å². The molecule has 0 saturated heterocycles. The van der Waals surface area contributed by atoms with Crippen molar-refractivity contribution in [1.82, 2.24) is 20.3 Å². The summed E-state index contributed by atoms with van der Waals surface area (Å²) in [6, 6.07) is 5.75. The number of aryl methyl sites for hydroxylation is 1. The summed E-state index contributed by atoms with van der Waals surface area (Å²) in [5, 5.41) is 8.79. The van der Waals surface area contributed by atoms with E-state index in [0.29, 0.717) is 30.0 Å². The van der Waals surface area contributed by atoms with Gasteiger partial charge in [-0.05, 0) is 43.5 Å². The first-order valence-corrected chi connectivity index (χ1v) is 9.59. The normalized spacial score (nSPS) is 14.2. The zero-order valence-corrected chi connectivity index (χ0v) is 16.3. The molecule has 0 fully saturated rings. The number of hydrogen-bond donors (Lipinski definition) is 3. The highest BCUT2D eigenvalue weighted by molar-refractivity contribution is 5.95. The number of carbonyl (C=O) groups excluding carboxylic acids is 1. The number of nitrogens with zero attached hydrogens (tertiary/aromatic N) is 3. The number of pyridine rings is 1. The molecule has 0 radical (unpaired) electrons. The average Bonchev–Trinajstić information content (AvgIpc) is 2.73. The molecule has 1 aromatic carbocycles. The number of aromatic nitrogens is 3. The van der Waals surface area contributed by atoms with Crippen molar-refractivity contribution in [3.63, 3.8) is 0 Å². The molecule has 5 rings (SSSR count). The van der Waals surface area contributed by atoms with Crippen LogP contribution >= 0.6 is 0 Å². The number of amides is 1. The second kappa shape index (κ2) is 8.40. The third kappa shape index (κ3) is 4.19. The number of rotatable bonds is 0. The van der Waals surface area contributed by atoms with Crippen molar-refractivity contribution in [2.45, 2.75) is 19.8 Å². The van der Waals surface area contributed by atoms with E-state index in [2.05, 4.69) is 30.9 Å². The van der Waals surface area contributed by atoms with E-state index < -0.39 is 17.7 Å². The first kappa shape index (κ1) is 19.7. The largest absolute Gasteiger partial charge is 0.370 e. The molecule has 7 nitrogen and oxygen atoms in total. The van der Waals surface area contributed by atoms with Gasteiger partial charge in [0.15, 0.2) is 0 Å². The maximum atomic E-state index is 14.5. The Morgan fingerprint density at radius 3 is 2.57 bits per heavy atom. The van der Waals surface area contributed by atoms with Gasteiger partial charge in [0.1, 0.15) is 11.6 Å². The van der Waals surface area contributed by atoms with Gasteiger partial charge in [0, 0.05) is 36.6 Å². The Balaban J connectivity index is 1.75. The summed E-state index contributed by atoms with van der Waals surface area (Å²) in [6.07, 6.45) is 4.43. The van der Waals surface area contributed by atoms with E-state index in [0.717, 1.165) is 18.4 Å². The highest BCUT2D eigenvalue weighted by Crippen LogP contribution is 2.27. The van der Waals surface area contributed by atoms with Crippen LogP contribution in [0.1, 0.15) is 28.8 Å². The van der Waals surface area contributed by atoms with Crippen molar-refractivity contribution in [3.05, 3.63) is 59.6 Å². The minimum Gasteiger partial charge on any atom is -0.370 e. The Bertz CT molecular complexity index is 1100. The molecule has 3 aromatic rings. The monoisotopic (exact) mass is 410 g/mol. The fraction of sp³-hybridized carbons (Fsp3) is 0.238. The minimum absolute atomic E-state index is 0.0367. The van der Waals surface area contributed by atoms with Crippen molar-refractivity contribution in [1.29, 1.82) is 0 Å². The molecule has 4 heterocycles. The SMILES string of the molecule is Cc1cnc2nc1NCCCCNC(=O)c1ccc(cc1F)-c1cnc(F)c(c1)N2. The molecule has 3 N–H and O–H groups in total. The molecule has 30 heavy (non-hydrogen) atoms. The Hall–Kier alpha value is -3.62. The van der Waals surface area contributed by atoms with Gasteiger partial charge in [-0.15, -0.1) is 0 Å². The molecule has 1 amide bonds. The van der Waals surface area contributed by atoms with Crippen molar-refractivity contribution in [2.75, 3.05) is 23.7 Å². The Labute approximate surface area is 172 Å². The summed E-state index contributed by atoms with van der Waals surface area (Å²) in [5.41, 5.74) is 1.82. The molecule has 0 aliphatic carbocycles. The van der Waals surface area contributed by atoms with Crippen molar-refractivity contribution in [3.8, 4) is 11.1 Å².